The van der Waals surface area contributed by atoms with E-state index in [4.69, 9.17) is 0 Å². The van der Waals surface area contributed by atoms with E-state index in [1.54, 1.807) is 0 Å². The molecule has 0 heterocycles. The van der Waals surface area contributed by atoms with Gasteiger partial charge in [-0.25, -0.2) is 0 Å². The van der Waals surface area contributed by atoms with Crippen molar-refractivity contribution in [2.45, 2.75) is 80.1 Å². The molecule has 4 aromatic rings. The van der Waals surface area contributed by atoms with Gasteiger partial charge in [0, 0.05) is 13.4 Å². The van der Waals surface area contributed by atoms with E-state index in [9.17, 15) is 0 Å². The first-order valence-electron chi connectivity index (χ1n) is 16.4. The van der Waals surface area contributed by atoms with Crippen LogP contribution in [0.3, 0.4) is 0 Å². The zero-order valence-corrected chi connectivity index (χ0v) is 32.3. The van der Waals surface area contributed by atoms with Gasteiger partial charge in [0.2, 0.25) is 0 Å². The summed E-state index contributed by atoms with van der Waals surface area (Å²) in [6.07, 6.45) is 19.8. The number of hydrogen-bond acceptors (Lipinski definition) is 0. The first-order chi connectivity index (χ1) is 21.7. The third-order valence-corrected chi connectivity index (χ3v) is 9.93. The summed E-state index contributed by atoms with van der Waals surface area (Å²) in [6, 6.07) is 20.5. The van der Waals surface area contributed by atoms with Crippen LogP contribution in [0.15, 0.2) is 68.0 Å². The summed E-state index contributed by atoms with van der Waals surface area (Å²) in [5, 5.41) is 0. The molecule has 0 unspecified atom stereocenters. The third-order valence-electron chi connectivity index (χ3n) is 8.56. The molecule has 3 heteroatoms. The van der Waals surface area contributed by atoms with Gasteiger partial charge in [-0.1, -0.05) is 126 Å². The third kappa shape index (κ3) is 9.09. The fraction of sp³-hybridized carbons (Fsp3) is 0.286. The second-order valence-electron chi connectivity index (χ2n) is 11.5. The van der Waals surface area contributed by atoms with Crippen molar-refractivity contribution in [1.29, 1.82) is 0 Å². The van der Waals surface area contributed by atoms with Crippen LogP contribution in [0.4, 0.5) is 0 Å². The molecular formula is C42H45Br3. The second kappa shape index (κ2) is 16.9. The van der Waals surface area contributed by atoms with Crippen molar-refractivity contribution in [3.8, 4) is 0 Å². The SMILES string of the molecule is CCc1cc(Br)cc(CC)c1/C=C/c1cc(/C=C/c2c(CC)cc(Br)cc2CC)cc(/C=C/c2c(CC)cc(Br)cc2CC)c1. The van der Waals surface area contributed by atoms with Crippen molar-refractivity contribution in [3.63, 3.8) is 0 Å². The van der Waals surface area contributed by atoms with Gasteiger partial charge in [0.1, 0.15) is 0 Å². The van der Waals surface area contributed by atoms with Crippen LogP contribution in [-0.2, 0) is 38.5 Å². The van der Waals surface area contributed by atoms with Gasteiger partial charge < -0.3 is 0 Å². The van der Waals surface area contributed by atoms with Crippen LogP contribution in [0.2, 0.25) is 0 Å². The lowest BCUT2D eigenvalue weighted by Gasteiger charge is -2.12. The Morgan fingerprint density at radius 3 is 0.711 bits per heavy atom. The monoisotopic (exact) mass is 786 g/mol. The van der Waals surface area contributed by atoms with Gasteiger partial charge in [-0.15, -0.1) is 0 Å². The zero-order chi connectivity index (χ0) is 32.5. The minimum Gasteiger partial charge on any atom is -0.0613 e. The summed E-state index contributed by atoms with van der Waals surface area (Å²) in [5.41, 5.74) is 15.9. The molecule has 0 radical (unpaired) electrons. The van der Waals surface area contributed by atoms with Gasteiger partial charge in [-0.3, -0.25) is 0 Å². The maximum absolute atomic E-state index is 3.72. The quantitative estimate of drug-likeness (QED) is 0.125. The fourth-order valence-electron chi connectivity index (χ4n) is 6.14. The molecule has 0 amide bonds. The first-order valence-corrected chi connectivity index (χ1v) is 18.7. The number of halogens is 3. The van der Waals surface area contributed by atoms with Crippen molar-refractivity contribution in [2.75, 3.05) is 0 Å². The number of hydrogen-bond donors (Lipinski definition) is 0. The molecule has 0 nitrogen and oxygen atoms in total. The molecule has 0 spiro atoms. The predicted molar refractivity (Wildman–Crippen MR) is 212 cm³/mol. The van der Waals surface area contributed by atoms with Crippen LogP contribution in [0, 0.1) is 0 Å². The van der Waals surface area contributed by atoms with E-state index in [2.05, 4.69) is 180 Å². The molecule has 0 aliphatic rings. The van der Waals surface area contributed by atoms with Crippen molar-refractivity contribution in [3.05, 3.63) is 135 Å². The summed E-state index contributed by atoms with van der Waals surface area (Å²) in [4.78, 5) is 0. The van der Waals surface area contributed by atoms with Crippen molar-refractivity contribution in [2.24, 2.45) is 0 Å². The molecule has 0 bridgehead atoms. The molecule has 45 heavy (non-hydrogen) atoms. The Hall–Kier alpha value is -2.46. The van der Waals surface area contributed by atoms with E-state index in [0.717, 1.165) is 51.9 Å². The lowest BCUT2D eigenvalue weighted by molar-refractivity contribution is 1.07. The molecule has 234 valence electrons. The summed E-state index contributed by atoms with van der Waals surface area (Å²) in [6.45, 7) is 13.4. The summed E-state index contributed by atoms with van der Waals surface area (Å²) in [7, 11) is 0. The van der Waals surface area contributed by atoms with E-state index in [1.165, 1.54) is 66.8 Å². The summed E-state index contributed by atoms with van der Waals surface area (Å²) in [5.74, 6) is 0. The van der Waals surface area contributed by atoms with Crippen molar-refractivity contribution >= 4 is 84.2 Å². The molecule has 0 aliphatic carbocycles. The van der Waals surface area contributed by atoms with Crippen LogP contribution < -0.4 is 0 Å². The maximum Gasteiger partial charge on any atom is 0.0181 e. The Kier molecular flexibility index (Phi) is 13.3. The Morgan fingerprint density at radius 2 is 0.533 bits per heavy atom. The van der Waals surface area contributed by atoms with E-state index in [0.29, 0.717) is 0 Å². The standard InChI is InChI=1S/C42H45Br3/c1-7-31-22-37(43)23-32(8-2)40(31)16-13-28-19-29(14-17-41-33(9-3)24-38(44)25-34(41)10-4)21-30(20-28)15-18-42-35(11-5)26-39(45)27-36(42)12-6/h13-27H,7-12H2,1-6H3/b16-13+,17-14+,18-15+. The summed E-state index contributed by atoms with van der Waals surface area (Å²) >= 11 is 11.2. The fourth-order valence-corrected chi connectivity index (χ4v) is 7.79. The van der Waals surface area contributed by atoms with Gasteiger partial charge in [0.15, 0.2) is 0 Å². The van der Waals surface area contributed by atoms with Gasteiger partial charge in [0.25, 0.3) is 0 Å². The van der Waals surface area contributed by atoms with E-state index >= 15 is 0 Å². The zero-order valence-electron chi connectivity index (χ0n) is 27.5. The highest BCUT2D eigenvalue weighted by Crippen LogP contribution is 2.29. The highest BCUT2D eigenvalue weighted by molar-refractivity contribution is 9.11. The van der Waals surface area contributed by atoms with Gasteiger partial charge >= 0.3 is 0 Å². The van der Waals surface area contributed by atoms with Crippen LogP contribution >= 0.6 is 47.8 Å². The van der Waals surface area contributed by atoms with Gasteiger partial charge in [-0.05, 0) is 160 Å². The molecular weight excluding hydrogens is 744 g/mol. The Balaban J connectivity index is 1.84. The van der Waals surface area contributed by atoms with E-state index in [1.807, 2.05) is 0 Å². The van der Waals surface area contributed by atoms with Crippen LogP contribution in [0.25, 0.3) is 36.5 Å². The number of benzene rings is 4. The average Bonchev–Trinajstić information content (AvgIpc) is 3.04. The Morgan fingerprint density at radius 1 is 0.333 bits per heavy atom. The first kappa shape index (κ1) is 35.4. The molecule has 0 aliphatic heterocycles. The highest BCUT2D eigenvalue weighted by Gasteiger charge is 2.09. The van der Waals surface area contributed by atoms with Gasteiger partial charge in [-0.2, -0.15) is 0 Å². The molecule has 0 saturated heterocycles. The van der Waals surface area contributed by atoms with Crippen LogP contribution in [-0.4, -0.2) is 0 Å². The molecule has 0 saturated carbocycles. The summed E-state index contributed by atoms with van der Waals surface area (Å²) < 4.78 is 3.47. The minimum atomic E-state index is 1.00. The lowest BCUT2D eigenvalue weighted by atomic mass is 9.94. The molecule has 0 fully saturated rings. The number of aryl methyl sites for hydroxylation is 6. The topological polar surface area (TPSA) is 0 Å². The maximum atomic E-state index is 3.72. The Bertz CT molecular complexity index is 1440. The molecule has 4 aromatic carbocycles. The van der Waals surface area contributed by atoms with E-state index in [-0.39, 0.29) is 0 Å². The second-order valence-corrected chi connectivity index (χ2v) is 14.2. The van der Waals surface area contributed by atoms with Crippen molar-refractivity contribution in [1.82, 2.24) is 0 Å². The normalized spacial score (nSPS) is 11.9. The van der Waals surface area contributed by atoms with Crippen LogP contribution in [0.1, 0.15) is 108 Å². The Labute approximate surface area is 297 Å². The highest BCUT2D eigenvalue weighted by atomic mass is 79.9. The molecule has 4 rings (SSSR count). The number of rotatable bonds is 12. The molecule has 0 aromatic heterocycles. The smallest absolute Gasteiger partial charge is 0.0181 e. The lowest BCUT2D eigenvalue weighted by Crippen LogP contribution is -1.95. The molecule has 0 N–H and O–H groups in total. The van der Waals surface area contributed by atoms with Crippen LogP contribution in [0.5, 0.6) is 0 Å². The largest absolute Gasteiger partial charge is 0.0613 e. The van der Waals surface area contributed by atoms with Crippen molar-refractivity contribution < 1.29 is 0 Å². The van der Waals surface area contributed by atoms with Gasteiger partial charge in [0.05, 0.1) is 0 Å². The minimum absolute atomic E-state index is 1.00. The predicted octanol–water partition coefficient (Wildman–Crippen LogP) is 13.9. The molecule has 0 atom stereocenters. The van der Waals surface area contributed by atoms with E-state index < -0.39 is 0 Å². The average molecular weight is 790 g/mol.